The van der Waals surface area contributed by atoms with Crippen molar-refractivity contribution in [2.24, 2.45) is 0 Å². The van der Waals surface area contributed by atoms with Crippen molar-refractivity contribution in [3.63, 3.8) is 0 Å². The Morgan fingerprint density at radius 1 is 0.400 bits per heavy atom. The van der Waals surface area contributed by atoms with Crippen molar-refractivity contribution < 1.29 is 81.7 Å². The Morgan fingerprint density at radius 3 is 0.400 bits per heavy atom. The van der Waals surface area contributed by atoms with E-state index in [1.807, 2.05) is 0 Å². The van der Waals surface area contributed by atoms with Gasteiger partial charge in [0, 0.05) is 0 Å². The Hall–Kier alpha value is 3.75. The summed E-state index contributed by atoms with van der Waals surface area (Å²) in [5.74, 6) is 0. The van der Waals surface area contributed by atoms with E-state index >= 15 is 0 Å². The first-order chi connectivity index (χ1) is 0. The zero-order valence-corrected chi connectivity index (χ0v) is 11.1. The van der Waals surface area contributed by atoms with Crippen LogP contribution in [0.4, 0.5) is 0 Å². The number of hydrogen-bond donors (Lipinski definition) is 0. The van der Waals surface area contributed by atoms with Crippen LogP contribution in [0.3, 0.4) is 0 Å². The number of rotatable bonds is 0. The van der Waals surface area contributed by atoms with Gasteiger partial charge in [-0.15, -0.1) is 0 Å². The zero-order chi connectivity index (χ0) is 0. The second kappa shape index (κ2) is 25.1. The SMILES string of the molecule is [Nd+3].[Nd+3].[S-2].[S-2].[S-2]. The second-order valence-electron chi connectivity index (χ2n) is 0. The van der Waals surface area contributed by atoms with Gasteiger partial charge >= 0.3 is 81.7 Å². The molecule has 0 saturated heterocycles. The van der Waals surface area contributed by atoms with Crippen LogP contribution in [0.15, 0.2) is 0 Å². The van der Waals surface area contributed by atoms with Gasteiger partial charge in [0.05, 0.1) is 0 Å². The molecule has 0 atom stereocenters. The van der Waals surface area contributed by atoms with E-state index in [1.165, 1.54) is 0 Å². The maximum absolute atomic E-state index is 0. The fraction of sp³-hybridized carbons (Fsp3) is 0. The maximum Gasteiger partial charge on any atom is 3.00 e. The van der Waals surface area contributed by atoms with Crippen LogP contribution in [0.2, 0.25) is 0 Å². The average Bonchev–Trinajstić information content (AvgIpc) is 0. The van der Waals surface area contributed by atoms with Gasteiger partial charge < -0.3 is 40.5 Å². The van der Waals surface area contributed by atoms with Crippen LogP contribution in [0, 0.1) is 81.7 Å². The third kappa shape index (κ3) is 18.2. The molecule has 0 aromatic carbocycles. The van der Waals surface area contributed by atoms with Crippen LogP contribution >= 0.6 is 0 Å². The Bertz CT molecular complexity index is 4.85. The Labute approximate surface area is 119 Å². The van der Waals surface area contributed by atoms with E-state index in [1.54, 1.807) is 0 Å². The van der Waals surface area contributed by atoms with E-state index in [2.05, 4.69) is 0 Å². The summed E-state index contributed by atoms with van der Waals surface area (Å²) in [4.78, 5) is 0. The van der Waals surface area contributed by atoms with Crippen LogP contribution in [0.5, 0.6) is 0 Å². The first kappa shape index (κ1) is 37.4. The van der Waals surface area contributed by atoms with Gasteiger partial charge in [0.1, 0.15) is 0 Å². The molecule has 0 heterocycles. The van der Waals surface area contributed by atoms with Crippen molar-refractivity contribution >= 4 is 40.5 Å². The molecule has 0 unspecified atom stereocenters. The van der Waals surface area contributed by atoms with Gasteiger partial charge in [-0.05, 0) is 0 Å². The van der Waals surface area contributed by atoms with Crippen molar-refractivity contribution in [3.8, 4) is 0 Å². The minimum atomic E-state index is 0. The monoisotopic (exact) mass is 380 g/mol. The van der Waals surface area contributed by atoms with Gasteiger partial charge in [-0.25, -0.2) is 0 Å². The minimum Gasteiger partial charge on any atom is -2.00 e. The standard InChI is InChI=1S/2Nd.3S/q2*+3;3*-2. The smallest absolute Gasteiger partial charge is 2.00 e. The summed E-state index contributed by atoms with van der Waals surface area (Å²) in [6.45, 7) is 0. The minimum absolute atomic E-state index is 0. The summed E-state index contributed by atoms with van der Waals surface area (Å²) < 4.78 is 0. The second-order valence-corrected chi connectivity index (χ2v) is 0. The van der Waals surface area contributed by atoms with Crippen molar-refractivity contribution in [1.29, 1.82) is 0 Å². The largest absolute Gasteiger partial charge is 3.00 e. The van der Waals surface area contributed by atoms with Gasteiger partial charge in [-0.3, -0.25) is 0 Å². The maximum atomic E-state index is 0. The molecule has 0 fully saturated rings. The first-order valence-electron chi connectivity index (χ1n) is 0. The fourth-order valence-corrected chi connectivity index (χ4v) is 0. The van der Waals surface area contributed by atoms with E-state index in [4.69, 9.17) is 0 Å². The Morgan fingerprint density at radius 2 is 0.400 bits per heavy atom. The quantitative estimate of drug-likeness (QED) is 0.551. The van der Waals surface area contributed by atoms with Crippen molar-refractivity contribution in [1.82, 2.24) is 0 Å². The van der Waals surface area contributed by atoms with Gasteiger partial charge in [-0.2, -0.15) is 0 Å². The predicted molar refractivity (Wildman–Crippen MR) is 22.1 cm³/mol. The van der Waals surface area contributed by atoms with Crippen LogP contribution in [-0.2, 0) is 40.5 Å². The normalized spacial score (nSPS) is 0. The molecular formula is Nd2S3. The van der Waals surface area contributed by atoms with Crippen molar-refractivity contribution in [3.05, 3.63) is 0 Å². The van der Waals surface area contributed by atoms with Crippen LogP contribution < -0.4 is 0 Å². The van der Waals surface area contributed by atoms with E-state index in [-0.39, 0.29) is 122 Å². The molecule has 26 valence electrons. The molecule has 0 aliphatic heterocycles. The summed E-state index contributed by atoms with van der Waals surface area (Å²) in [7, 11) is 0. The molecule has 0 aliphatic rings. The summed E-state index contributed by atoms with van der Waals surface area (Å²) in [6, 6.07) is 0. The van der Waals surface area contributed by atoms with Gasteiger partial charge in [-0.1, -0.05) is 0 Å². The van der Waals surface area contributed by atoms with E-state index in [0.29, 0.717) is 0 Å². The summed E-state index contributed by atoms with van der Waals surface area (Å²) in [5, 5.41) is 0. The topological polar surface area (TPSA) is 0 Å². The fourth-order valence-electron chi connectivity index (χ4n) is 0. The molecule has 0 spiro atoms. The van der Waals surface area contributed by atoms with Gasteiger partial charge in [0.2, 0.25) is 0 Å². The number of hydrogen-bond acceptors (Lipinski definition) is 0. The van der Waals surface area contributed by atoms with Crippen molar-refractivity contribution in [2.45, 2.75) is 0 Å². The molecule has 0 nitrogen and oxygen atoms in total. The molecule has 0 aliphatic carbocycles. The van der Waals surface area contributed by atoms with E-state index in [0.717, 1.165) is 0 Å². The molecule has 5 heteroatoms. The average molecular weight is 385 g/mol. The predicted octanol–water partition coefficient (Wildman–Crippen LogP) is -0.00720. The molecular weight excluding hydrogens is 385 g/mol. The van der Waals surface area contributed by atoms with Gasteiger partial charge in [0.15, 0.2) is 0 Å². The van der Waals surface area contributed by atoms with Crippen molar-refractivity contribution in [2.75, 3.05) is 0 Å². The third-order valence-electron chi connectivity index (χ3n) is 0. The molecule has 2 radical (unpaired) electrons. The van der Waals surface area contributed by atoms with Crippen LogP contribution in [0.1, 0.15) is 0 Å². The summed E-state index contributed by atoms with van der Waals surface area (Å²) in [5.41, 5.74) is 0. The van der Waals surface area contributed by atoms with E-state index in [9.17, 15) is 0 Å². The molecule has 0 bridgehead atoms. The first-order valence-corrected chi connectivity index (χ1v) is 0. The third-order valence-corrected chi connectivity index (χ3v) is 0. The molecule has 0 aromatic rings. The molecule has 0 aromatic heterocycles. The molecule has 0 N–H and O–H groups in total. The summed E-state index contributed by atoms with van der Waals surface area (Å²) in [6.07, 6.45) is 0. The molecule has 5 heavy (non-hydrogen) atoms. The van der Waals surface area contributed by atoms with E-state index < -0.39 is 0 Å². The molecule has 0 rings (SSSR count). The van der Waals surface area contributed by atoms with Gasteiger partial charge in [0.25, 0.3) is 0 Å². The van der Waals surface area contributed by atoms with Crippen LogP contribution in [0.25, 0.3) is 0 Å². The molecule has 0 amide bonds. The Balaban J connectivity index is 0. The molecule has 0 saturated carbocycles. The summed E-state index contributed by atoms with van der Waals surface area (Å²) >= 11 is 0. The Kier molecular flexibility index (Phi) is 188. The zero-order valence-electron chi connectivity index (χ0n) is 2.22. The van der Waals surface area contributed by atoms with Crippen LogP contribution in [-0.4, -0.2) is 0 Å².